The molecule has 0 unspecified atom stereocenters. The van der Waals surface area contributed by atoms with Gasteiger partial charge in [0.25, 0.3) is 5.91 Å². The van der Waals surface area contributed by atoms with E-state index in [2.05, 4.69) is 11.9 Å². The van der Waals surface area contributed by atoms with Crippen LogP contribution >= 0.6 is 11.6 Å². The van der Waals surface area contributed by atoms with E-state index in [-0.39, 0.29) is 0 Å². The molecule has 1 rings (SSSR count). The highest BCUT2D eigenvalue weighted by Gasteiger charge is 2.19. The summed E-state index contributed by atoms with van der Waals surface area (Å²) >= 11 is 5.70. The zero-order valence-corrected chi connectivity index (χ0v) is 10.5. The number of carbonyl (C=O) groups excluding carboxylic acids is 1. The quantitative estimate of drug-likeness (QED) is 0.778. The molecule has 5 heteroatoms. The molecule has 1 aromatic rings. The summed E-state index contributed by atoms with van der Waals surface area (Å²) in [7, 11) is 0. The standard InChI is InChI=1S/C13H14ClNO3/c1-2-3-4-11(13(17)18)15-12(16)9-5-7-10(14)8-6-9/h2,5-8,11H,1,3-4H2,(H,15,16)(H,17,18)/t11-/m0/s1. The van der Waals surface area contributed by atoms with Gasteiger partial charge in [0.15, 0.2) is 0 Å². The lowest BCUT2D eigenvalue weighted by atomic mass is 10.1. The van der Waals surface area contributed by atoms with E-state index in [1.165, 1.54) is 0 Å². The van der Waals surface area contributed by atoms with Crippen molar-refractivity contribution in [1.29, 1.82) is 0 Å². The van der Waals surface area contributed by atoms with E-state index in [0.29, 0.717) is 23.4 Å². The molecular formula is C13H14ClNO3. The molecule has 0 aliphatic carbocycles. The summed E-state index contributed by atoms with van der Waals surface area (Å²) in [5, 5.41) is 11.9. The Kier molecular flexibility index (Phi) is 5.39. The second kappa shape index (κ2) is 6.81. The number of rotatable bonds is 6. The van der Waals surface area contributed by atoms with Crippen molar-refractivity contribution in [3.05, 3.63) is 47.5 Å². The highest BCUT2D eigenvalue weighted by atomic mass is 35.5. The molecule has 1 aromatic carbocycles. The number of carbonyl (C=O) groups is 2. The minimum absolute atomic E-state index is 0.318. The molecule has 0 aliphatic heterocycles. The molecule has 0 spiro atoms. The third-order valence-corrected chi connectivity index (χ3v) is 2.62. The van der Waals surface area contributed by atoms with Crippen LogP contribution in [0.3, 0.4) is 0 Å². The molecule has 0 aliphatic rings. The van der Waals surface area contributed by atoms with Gasteiger partial charge in [0.1, 0.15) is 6.04 Å². The number of aliphatic carboxylic acids is 1. The molecule has 0 fully saturated rings. The van der Waals surface area contributed by atoms with Crippen LogP contribution in [0.5, 0.6) is 0 Å². The third kappa shape index (κ3) is 4.22. The van der Waals surface area contributed by atoms with Crippen LogP contribution in [-0.2, 0) is 4.79 Å². The molecule has 0 aromatic heterocycles. The van der Waals surface area contributed by atoms with Crippen molar-refractivity contribution < 1.29 is 14.7 Å². The van der Waals surface area contributed by atoms with Crippen molar-refractivity contribution in [2.45, 2.75) is 18.9 Å². The second-order valence-corrected chi connectivity index (χ2v) is 4.17. The fourth-order valence-electron chi connectivity index (χ4n) is 1.38. The molecule has 0 saturated heterocycles. The van der Waals surface area contributed by atoms with E-state index in [9.17, 15) is 9.59 Å². The summed E-state index contributed by atoms with van der Waals surface area (Å²) in [6, 6.07) is 5.34. The maximum atomic E-state index is 11.8. The van der Waals surface area contributed by atoms with Crippen LogP contribution in [0.1, 0.15) is 23.2 Å². The van der Waals surface area contributed by atoms with Crippen LogP contribution in [0.15, 0.2) is 36.9 Å². The average Bonchev–Trinajstić information content (AvgIpc) is 2.34. The van der Waals surface area contributed by atoms with E-state index in [1.807, 2.05) is 0 Å². The van der Waals surface area contributed by atoms with E-state index < -0.39 is 17.9 Å². The first-order valence-electron chi connectivity index (χ1n) is 5.44. The summed E-state index contributed by atoms with van der Waals surface area (Å²) in [6.45, 7) is 3.52. The fourth-order valence-corrected chi connectivity index (χ4v) is 1.51. The van der Waals surface area contributed by atoms with Gasteiger partial charge in [-0.3, -0.25) is 4.79 Å². The molecular weight excluding hydrogens is 254 g/mol. The van der Waals surface area contributed by atoms with Crippen LogP contribution < -0.4 is 5.32 Å². The van der Waals surface area contributed by atoms with Gasteiger partial charge in [-0.15, -0.1) is 6.58 Å². The minimum Gasteiger partial charge on any atom is -0.480 e. The van der Waals surface area contributed by atoms with Crippen LogP contribution in [-0.4, -0.2) is 23.0 Å². The van der Waals surface area contributed by atoms with Gasteiger partial charge in [0, 0.05) is 10.6 Å². The Balaban J connectivity index is 2.68. The van der Waals surface area contributed by atoms with Gasteiger partial charge >= 0.3 is 5.97 Å². The summed E-state index contributed by atoms with van der Waals surface area (Å²) in [4.78, 5) is 22.7. The maximum absolute atomic E-state index is 11.8. The van der Waals surface area contributed by atoms with Crippen molar-refractivity contribution in [3.63, 3.8) is 0 Å². The van der Waals surface area contributed by atoms with E-state index in [4.69, 9.17) is 16.7 Å². The average molecular weight is 268 g/mol. The maximum Gasteiger partial charge on any atom is 0.326 e. The molecule has 4 nitrogen and oxygen atoms in total. The predicted octanol–water partition coefficient (Wildman–Crippen LogP) is 2.49. The van der Waals surface area contributed by atoms with E-state index >= 15 is 0 Å². The van der Waals surface area contributed by atoms with Gasteiger partial charge in [0.2, 0.25) is 0 Å². The first-order valence-corrected chi connectivity index (χ1v) is 5.82. The molecule has 18 heavy (non-hydrogen) atoms. The van der Waals surface area contributed by atoms with Gasteiger partial charge in [-0.25, -0.2) is 4.79 Å². The second-order valence-electron chi connectivity index (χ2n) is 3.74. The molecule has 0 heterocycles. The molecule has 2 N–H and O–H groups in total. The lowest BCUT2D eigenvalue weighted by Crippen LogP contribution is -2.40. The summed E-state index contributed by atoms with van der Waals surface area (Å²) in [5.41, 5.74) is 0.379. The van der Waals surface area contributed by atoms with Crippen molar-refractivity contribution >= 4 is 23.5 Å². The summed E-state index contributed by atoms with van der Waals surface area (Å²) in [6.07, 6.45) is 2.46. The Morgan fingerprint density at radius 3 is 2.50 bits per heavy atom. The van der Waals surface area contributed by atoms with E-state index in [1.54, 1.807) is 30.3 Å². The molecule has 0 bridgehead atoms. The normalized spacial score (nSPS) is 11.6. The highest BCUT2D eigenvalue weighted by molar-refractivity contribution is 6.30. The molecule has 1 amide bonds. The number of halogens is 1. The van der Waals surface area contributed by atoms with Crippen LogP contribution in [0, 0.1) is 0 Å². The first-order chi connectivity index (χ1) is 8.54. The first kappa shape index (κ1) is 14.3. The zero-order chi connectivity index (χ0) is 13.5. The third-order valence-electron chi connectivity index (χ3n) is 2.37. The fraction of sp³-hybridized carbons (Fsp3) is 0.231. The Morgan fingerprint density at radius 1 is 1.39 bits per heavy atom. The number of allylic oxidation sites excluding steroid dienone is 1. The topological polar surface area (TPSA) is 66.4 Å². The Labute approximate surface area is 110 Å². The van der Waals surface area contributed by atoms with Gasteiger partial charge in [-0.05, 0) is 37.1 Å². The zero-order valence-electron chi connectivity index (χ0n) is 9.73. The van der Waals surface area contributed by atoms with Crippen LogP contribution in [0.4, 0.5) is 0 Å². The Morgan fingerprint density at radius 2 is 2.00 bits per heavy atom. The van der Waals surface area contributed by atoms with Crippen molar-refractivity contribution in [2.24, 2.45) is 0 Å². The highest BCUT2D eigenvalue weighted by Crippen LogP contribution is 2.10. The minimum atomic E-state index is -1.06. The van der Waals surface area contributed by atoms with Gasteiger partial charge in [-0.1, -0.05) is 17.7 Å². The monoisotopic (exact) mass is 267 g/mol. The number of nitrogens with one attached hydrogen (secondary N) is 1. The van der Waals surface area contributed by atoms with Gasteiger partial charge in [-0.2, -0.15) is 0 Å². The molecule has 0 radical (unpaired) electrons. The van der Waals surface area contributed by atoms with E-state index in [0.717, 1.165) is 0 Å². The van der Waals surface area contributed by atoms with Crippen molar-refractivity contribution in [2.75, 3.05) is 0 Å². The number of carboxylic acid groups (broad SMARTS) is 1. The van der Waals surface area contributed by atoms with Crippen LogP contribution in [0.25, 0.3) is 0 Å². The number of amides is 1. The number of hydrogen-bond donors (Lipinski definition) is 2. The SMILES string of the molecule is C=CCC[C@H](NC(=O)c1ccc(Cl)cc1)C(=O)O. The van der Waals surface area contributed by atoms with Gasteiger partial charge < -0.3 is 10.4 Å². The number of benzene rings is 1. The summed E-state index contributed by atoms with van der Waals surface area (Å²) in [5.74, 6) is -1.48. The molecule has 96 valence electrons. The summed E-state index contributed by atoms with van der Waals surface area (Å²) < 4.78 is 0. The Bertz CT molecular complexity index is 442. The predicted molar refractivity (Wildman–Crippen MR) is 69.8 cm³/mol. The molecule has 0 saturated carbocycles. The van der Waals surface area contributed by atoms with Crippen LogP contribution in [0.2, 0.25) is 5.02 Å². The van der Waals surface area contributed by atoms with Crippen molar-refractivity contribution in [1.82, 2.24) is 5.32 Å². The number of hydrogen-bond acceptors (Lipinski definition) is 2. The largest absolute Gasteiger partial charge is 0.480 e. The smallest absolute Gasteiger partial charge is 0.326 e. The van der Waals surface area contributed by atoms with Gasteiger partial charge in [0.05, 0.1) is 0 Å². The van der Waals surface area contributed by atoms with Crippen molar-refractivity contribution in [3.8, 4) is 0 Å². The number of carboxylic acids is 1. The lowest BCUT2D eigenvalue weighted by Gasteiger charge is -2.13. The Hall–Kier alpha value is -1.81. The molecule has 1 atom stereocenters. The lowest BCUT2D eigenvalue weighted by molar-refractivity contribution is -0.139.